The van der Waals surface area contributed by atoms with Gasteiger partial charge < -0.3 is 10.2 Å². The second-order valence-corrected chi connectivity index (χ2v) is 4.60. The number of nitrogens with zero attached hydrogens (tertiary/aromatic N) is 2. The van der Waals surface area contributed by atoms with Crippen molar-refractivity contribution in [2.75, 3.05) is 26.7 Å². The quantitative estimate of drug-likeness (QED) is 0.928. The van der Waals surface area contributed by atoms with E-state index in [1.165, 1.54) is 0 Å². The van der Waals surface area contributed by atoms with E-state index in [-0.39, 0.29) is 30.7 Å². The molecule has 0 radical (unpaired) electrons. The van der Waals surface area contributed by atoms with Gasteiger partial charge in [0.1, 0.15) is 0 Å². The first kappa shape index (κ1) is 18.2. The number of hydrogen-bond donors (Lipinski definition) is 1. The highest BCUT2D eigenvalue weighted by Crippen LogP contribution is 2.18. The van der Waals surface area contributed by atoms with Crippen molar-refractivity contribution in [3.05, 3.63) is 29.6 Å². The number of nitrogens with one attached hydrogen (secondary N) is 1. The van der Waals surface area contributed by atoms with Crippen LogP contribution in [0.4, 0.5) is 0 Å². The Morgan fingerprint density at radius 3 is 2.89 bits per heavy atom. The molecular formula is C13H21Cl2N3O. The van der Waals surface area contributed by atoms with Crippen LogP contribution in [0.2, 0.25) is 0 Å². The molecule has 108 valence electrons. The van der Waals surface area contributed by atoms with Crippen molar-refractivity contribution >= 4 is 30.7 Å². The number of pyridine rings is 1. The Hall–Kier alpha value is -0.840. The molecule has 0 aliphatic carbocycles. The topological polar surface area (TPSA) is 45.2 Å². The zero-order valence-corrected chi connectivity index (χ0v) is 12.9. The first-order chi connectivity index (χ1) is 8.22. The predicted octanol–water partition coefficient (Wildman–Crippen LogP) is 1.92. The van der Waals surface area contributed by atoms with E-state index in [0.717, 1.165) is 37.3 Å². The molecule has 1 fully saturated rings. The molecule has 1 atom stereocenters. The van der Waals surface area contributed by atoms with Crippen molar-refractivity contribution in [2.45, 2.75) is 13.3 Å². The van der Waals surface area contributed by atoms with Gasteiger partial charge in [-0.15, -0.1) is 24.8 Å². The number of likely N-dealkylation sites (tertiary alicyclic amines) is 1. The molecule has 0 spiro atoms. The summed E-state index contributed by atoms with van der Waals surface area (Å²) in [5.41, 5.74) is 1.55. The molecule has 4 nitrogen and oxygen atoms in total. The summed E-state index contributed by atoms with van der Waals surface area (Å²) in [7, 11) is 1.95. The molecule has 0 bridgehead atoms. The van der Waals surface area contributed by atoms with Crippen molar-refractivity contribution in [1.82, 2.24) is 15.2 Å². The fourth-order valence-corrected chi connectivity index (χ4v) is 2.35. The number of halogens is 2. The van der Waals surface area contributed by atoms with E-state index in [0.29, 0.717) is 5.92 Å². The van der Waals surface area contributed by atoms with Gasteiger partial charge in [-0.05, 0) is 45.0 Å². The Morgan fingerprint density at radius 1 is 1.53 bits per heavy atom. The highest BCUT2D eigenvalue weighted by molar-refractivity contribution is 5.95. The Balaban J connectivity index is 0.00000162. The number of carbonyl (C=O) groups excluding carboxylic acids is 1. The average Bonchev–Trinajstić information content (AvgIpc) is 2.78. The summed E-state index contributed by atoms with van der Waals surface area (Å²) in [6.45, 7) is 4.58. The van der Waals surface area contributed by atoms with E-state index >= 15 is 0 Å². The molecule has 2 rings (SSSR count). The summed E-state index contributed by atoms with van der Waals surface area (Å²) in [5, 5.41) is 3.17. The first-order valence-electron chi connectivity index (χ1n) is 6.08. The lowest BCUT2D eigenvalue weighted by Gasteiger charge is -2.17. The summed E-state index contributed by atoms with van der Waals surface area (Å²) < 4.78 is 0. The fraction of sp³-hybridized carbons (Fsp3) is 0.538. The molecule has 1 aromatic rings. The van der Waals surface area contributed by atoms with Gasteiger partial charge >= 0.3 is 0 Å². The third kappa shape index (κ3) is 4.34. The van der Waals surface area contributed by atoms with Crippen LogP contribution in [0.3, 0.4) is 0 Å². The second-order valence-electron chi connectivity index (χ2n) is 4.60. The number of carbonyl (C=O) groups is 1. The molecule has 2 heterocycles. The standard InChI is InChI=1S/C13H19N3O.2ClH/c1-10-12(4-3-6-15-10)13(17)16-7-5-11(9-16)8-14-2;;/h3-4,6,11,14H,5,7-9H2,1-2H3;2*1H. The highest BCUT2D eigenvalue weighted by Gasteiger charge is 2.27. The van der Waals surface area contributed by atoms with Crippen LogP contribution >= 0.6 is 24.8 Å². The Morgan fingerprint density at radius 2 is 2.26 bits per heavy atom. The molecule has 1 saturated heterocycles. The van der Waals surface area contributed by atoms with Crippen molar-refractivity contribution in [3.8, 4) is 0 Å². The van der Waals surface area contributed by atoms with Gasteiger partial charge in [0.25, 0.3) is 5.91 Å². The lowest BCUT2D eigenvalue weighted by molar-refractivity contribution is 0.0786. The SMILES string of the molecule is CNCC1CCN(C(=O)c2cccnc2C)C1.Cl.Cl. The minimum Gasteiger partial charge on any atom is -0.338 e. The van der Waals surface area contributed by atoms with Crippen LogP contribution in [0, 0.1) is 12.8 Å². The lowest BCUT2D eigenvalue weighted by atomic mass is 10.1. The van der Waals surface area contributed by atoms with Gasteiger partial charge in [0.15, 0.2) is 0 Å². The molecule has 6 heteroatoms. The maximum atomic E-state index is 12.3. The normalized spacial score (nSPS) is 17.6. The van der Waals surface area contributed by atoms with E-state index in [1.54, 1.807) is 6.20 Å². The van der Waals surface area contributed by atoms with Crippen LogP contribution in [0.1, 0.15) is 22.5 Å². The Bertz CT molecular complexity index is 415. The molecule has 1 amide bonds. The monoisotopic (exact) mass is 305 g/mol. The van der Waals surface area contributed by atoms with Crippen molar-refractivity contribution in [2.24, 2.45) is 5.92 Å². The maximum Gasteiger partial charge on any atom is 0.255 e. The number of hydrogen-bond acceptors (Lipinski definition) is 3. The largest absolute Gasteiger partial charge is 0.338 e. The van der Waals surface area contributed by atoms with Crippen LogP contribution in [0.25, 0.3) is 0 Å². The minimum atomic E-state index is 0. The Kier molecular flexibility index (Phi) is 7.99. The minimum absolute atomic E-state index is 0. The van der Waals surface area contributed by atoms with Gasteiger partial charge in [0.05, 0.1) is 5.56 Å². The second kappa shape index (κ2) is 8.35. The molecule has 19 heavy (non-hydrogen) atoms. The van der Waals surface area contributed by atoms with Crippen LogP contribution in [-0.4, -0.2) is 42.5 Å². The van der Waals surface area contributed by atoms with Crippen molar-refractivity contribution in [1.29, 1.82) is 0 Å². The van der Waals surface area contributed by atoms with Gasteiger partial charge in [-0.25, -0.2) is 0 Å². The summed E-state index contributed by atoms with van der Waals surface area (Å²) in [4.78, 5) is 18.4. The number of aromatic nitrogens is 1. The third-order valence-corrected chi connectivity index (χ3v) is 3.30. The van der Waals surface area contributed by atoms with E-state index in [9.17, 15) is 4.79 Å². The summed E-state index contributed by atoms with van der Waals surface area (Å²) in [6, 6.07) is 3.68. The van der Waals surface area contributed by atoms with E-state index in [1.807, 2.05) is 31.0 Å². The summed E-state index contributed by atoms with van der Waals surface area (Å²) in [5.74, 6) is 0.704. The summed E-state index contributed by atoms with van der Waals surface area (Å²) >= 11 is 0. The van der Waals surface area contributed by atoms with Crippen LogP contribution in [-0.2, 0) is 0 Å². The third-order valence-electron chi connectivity index (χ3n) is 3.30. The Labute approximate surface area is 126 Å². The number of amides is 1. The molecule has 1 aliphatic rings. The van der Waals surface area contributed by atoms with Crippen LogP contribution in [0.5, 0.6) is 0 Å². The average molecular weight is 306 g/mol. The smallest absolute Gasteiger partial charge is 0.255 e. The van der Waals surface area contributed by atoms with Gasteiger partial charge in [0, 0.05) is 25.0 Å². The molecule has 1 aromatic heterocycles. The molecule has 1 aliphatic heterocycles. The van der Waals surface area contributed by atoms with Crippen LogP contribution in [0.15, 0.2) is 18.3 Å². The van der Waals surface area contributed by atoms with Crippen molar-refractivity contribution < 1.29 is 4.79 Å². The van der Waals surface area contributed by atoms with E-state index < -0.39 is 0 Å². The first-order valence-corrected chi connectivity index (χ1v) is 6.08. The lowest BCUT2D eigenvalue weighted by Crippen LogP contribution is -2.30. The van der Waals surface area contributed by atoms with Crippen molar-refractivity contribution in [3.63, 3.8) is 0 Å². The van der Waals surface area contributed by atoms with Gasteiger partial charge in [-0.3, -0.25) is 9.78 Å². The van der Waals surface area contributed by atoms with Crippen LogP contribution < -0.4 is 5.32 Å². The van der Waals surface area contributed by atoms with Gasteiger partial charge in [-0.2, -0.15) is 0 Å². The zero-order valence-electron chi connectivity index (χ0n) is 11.3. The predicted molar refractivity (Wildman–Crippen MR) is 81.4 cm³/mol. The van der Waals surface area contributed by atoms with E-state index in [4.69, 9.17) is 0 Å². The maximum absolute atomic E-state index is 12.3. The van der Waals surface area contributed by atoms with E-state index in [2.05, 4.69) is 10.3 Å². The van der Waals surface area contributed by atoms with Gasteiger partial charge in [0.2, 0.25) is 0 Å². The fourth-order valence-electron chi connectivity index (χ4n) is 2.35. The number of rotatable bonds is 3. The zero-order chi connectivity index (χ0) is 12.3. The molecule has 1 N–H and O–H groups in total. The van der Waals surface area contributed by atoms with Gasteiger partial charge in [-0.1, -0.05) is 0 Å². The summed E-state index contributed by atoms with van der Waals surface area (Å²) in [6.07, 6.45) is 2.81. The molecule has 0 aromatic carbocycles. The molecule has 1 unspecified atom stereocenters. The highest BCUT2D eigenvalue weighted by atomic mass is 35.5. The molecular weight excluding hydrogens is 285 g/mol. The number of aryl methyl sites for hydroxylation is 1. The molecule has 0 saturated carbocycles.